The monoisotopic (exact) mass is 204 g/mol. The molecule has 0 radical (unpaired) electrons. The fourth-order valence-electron chi connectivity index (χ4n) is 2.40. The molecule has 0 amide bonds. The highest BCUT2D eigenvalue weighted by Crippen LogP contribution is 2.31. The summed E-state index contributed by atoms with van der Waals surface area (Å²) in [5.41, 5.74) is 2.09. The van der Waals surface area contributed by atoms with Gasteiger partial charge in [0.05, 0.1) is 11.0 Å². The third-order valence-electron chi connectivity index (χ3n) is 3.12. The summed E-state index contributed by atoms with van der Waals surface area (Å²) in [5, 5.41) is 4.92. The van der Waals surface area contributed by atoms with Crippen molar-refractivity contribution in [3.8, 4) is 0 Å². The molecule has 0 aliphatic rings. The van der Waals surface area contributed by atoms with Crippen LogP contribution in [-0.2, 0) is 0 Å². The second kappa shape index (κ2) is 2.67. The maximum atomic E-state index is 4.41. The van der Waals surface area contributed by atoms with E-state index in [1.807, 2.05) is 36.7 Å². The van der Waals surface area contributed by atoms with Crippen molar-refractivity contribution >= 4 is 32.6 Å². The highest BCUT2D eigenvalue weighted by Gasteiger charge is 2.07. The van der Waals surface area contributed by atoms with Gasteiger partial charge in [0.1, 0.15) is 0 Å². The minimum atomic E-state index is 1.05. The lowest BCUT2D eigenvalue weighted by Gasteiger charge is -2.08. The van der Waals surface area contributed by atoms with Gasteiger partial charge < -0.3 is 0 Å². The van der Waals surface area contributed by atoms with E-state index in [9.17, 15) is 0 Å². The highest BCUT2D eigenvalue weighted by molar-refractivity contribution is 6.20. The molecule has 74 valence electrons. The van der Waals surface area contributed by atoms with Crippen LogP contribution in [0.3, 0.4) is 0 Å². The molecule has 4 rings (SSSR count). The molecule has 2 aromatic carbocycles. The molecule has 2 nitrogen and oxygen atoms in total. The fraction of sp³-hybridized carbons (Fsp3) is 0. The van der Waals surface area contributed by atoms with Crippen LogP contribution in [0.5, 0.6) is 0 Å². The normalized spacial score (nSPS) is 11.8. The Morgan fingerprint density at radius 1 is 0.562 bits per heavy atom. The Labute approximate surface area is 91.9 Å². The molecule has 4 aromatic rings. The molecule has 0 unspecified atom stereocenters. The maximum Gasteiger partial charge on any atom is 0.0715 e. The van der Waals surface area contributed by atoms with Crippen LogP contribution >= 0.6 is 0 Å². The van der Waals surface area contributed by atoms with Gasteiger partial charge in [-0.15, -0.1) is 0 Å². The van der Waals surface area contributed by atoms with E-state index in [0.29, 0.717) is 0 Å². The number of hydrogen-bond acceptors (Lipinski definition) is 2. The van der Waals surface area contributed by atoms with E-state index in [-0.39, 0.29) is 0 Å². The first-order valence-electron chi connectivity index (χ1n) is 5.28. The molecule has 0 aliphatic heterocycles. The minimum absolute atomic E-state index is 1.05. The van der Waals surface area contributed by atoms with Gasteiger partial charge in [-0.3, -0.25) is 9.97 Å². The van der Waals surface area contributed by atoms with Gasteiger partial charge in [-0.05, 0) is 35.0 Å². The lowest BCUT2D eigenvalue weighted by atomic mass is 10.00. The molecule has 0 bridgehead atoms. The van der Waals surface area contributed by atoms with Gasteiger partial charge in [-0.1, -0.05) is 12.1 Å². The number of rotatable bonds is 0. The number of nitrogens with zero attached hydrogens (tertiary/aromatic N) is 2. The Hall–Kier alpha value is -2.22. The predicted molar refractivity (Wildman–Crippen MR) is 65.7 cm³/mol. The SMILES string of the molecule is c1cc2ccc3ccnc4ccc(n1)c2c34. The van der Waals surface area contributed by atoms with E-state index in [1.165, 1.54) is 21.5 Å². The summed E-state index contributed by atoms with van der Waals surface area (Å²) >= 11 is 0. The third-order valence-corrected chi connectivity index (χ3v) is 3.12. The standard InChI is InChI=1S/C14H8N2/c1-2-10-6-8-16-12-4-3-11-13(14(10)12)9(1)5-7-15-11/h1-8H. The van der Waals surface area contributed by atoms with E-state index in [1.54, 1.807) is 0 Å². The molecule has 0 aliphatic carbocycles. The van der Waals surface area contributed by atoms with Crippen molar-refractivity contribution in [2.75, 3.05) is 0 Å². The average molecular weight is 204 g/mol. The second-order valence-electron chi connectivity index (χ2n) is 3.99. The molecular formula is C14H8N2. The first-order valence-corrected chi connectivity index (χ1v) is 5.28. The molecule has 0 saturated carbocycles. The van der Waals surface area contributed by atoms with E-state index in [0.717, 1.165) is 11.0 Å². The summed E-state index contributed by atoms with van der Waals surface area (Å²) < 4.78 is 0. The number of aromatic nitrogens is 2. The first kappa shape index (κ1) is 7.99. The van der Waals surface area contributed by atoms with Crippen molar-refractivity contribution in [3.63, 3.8) is 0 Å². The Morgan fingerprint density at radius 3 is 1.56 bits per heavy atom. The molecule has 0 N–H and O–H groups in total. The van der Waals surface area contributed by atoms with Crippen molar-refractivity contribution in [1.29, 1.82) is 0 Å². The molecular weight excluding hydrogens is 196 g/mol. The zero-order valence-electron chi connectivity index (χ0n) is 8.51. The summed E-state index contributed by atoms with van der Waals surface area (Å²) in [6.07, 6.45) is 3.71. The Balaban J connectivity index is 2.51. The molecule has 2 aromatic heterocycles. The molecule has 0 fully saturated rings. The maximum absolute atomic E-state index is 4.41. The topological polar surface area (TPSA) is 25.8 Å². The van der Waals surface area contributed by atoms with Crippen LogP contribution in [0, 0.1) is 0 Å². The largest absolute Gasteiger partial charge is 0.256 e. The Morgan fingerprint density at radius 2 is 1.06 bits per heavy atom. The number of hydrogen-bond donors (Lipinski definition) is 0. The average Bonchev–Trinajstić information content (AvgIpc) is 2.36. The van der Waals surface area contributed by atoms with Crippen LogP contribution in [-0.4, -0.2) is 9.97 Å². The zero-order chi connectivity index (χ0) is 10.5. The lowest BCUT2D eigenvalue weighted by molar-refractivity contribution is 1.40. The minimum Gasteiger partial charge on any atom is -0.256 e. The van der Waals surface area contributed by atoms with Gasteiger partial charge >= 0.3 is 0 Å². The first-order chi connectivity index (χ1) is 7.93. The van der Waals surface area contributed by atoms with Gasteiger partial charge in [0, 0.05) is 23.2 Å². The quantitative estimate of drug-likeness (QED) is 0.410. The van der Waals surface area contributed by atoms with Crippen molar-refractivity contribution < 1.29 is 0 Å². The van der Waals surface area contributed by atoms with Crippen LogP contribution in [0.4, 0.5) is 0 Å². The van der Waals surface area contributed by atoms with E-state index in [2.05, 4.69) is 22.1 Å². The zero-order valence-corrected chi connectivity index (χ0v) is 8.51. The van der Waals surface area contributed by atoms with E-state index in [4.69, 9.17) is 0 Å². The van der Waals surface area contributed by atoms with Crippen LogP contribution in [0.1, 0.15) is 0 Å². The third kappa shape index (κ3) is 0.865. The number of pyridine rings is 2. The molecule has 2 heterocycles. The molecule has 16 heavy (non-hydrogen) atoms. The van der Waals surface area contributed by atoms with Crippen molar-refractivity contribution in [1.82, 2.24) is 9.97 Å². The van der Waals surface area contributed by atoms with Crippen LogP contribution < -0.4 is 0 Å². The molecule has 0 saturated heterocycles. The molecule has 0 atom stereocenters. The van der Waals surface area contributed by atoms with Crippen molar-refractivity contribution in [3.05, 3.63) is 48.8 Å². The Kier molecular flexibility index (Phi) is 1.33. The molecule has 2 heteroatoms. The summed E-state index contributed by atoms with van der Waals surface area (Å²) in [4.78, 5) is 8.81. The lowest BCUT2D eigenvalue weighted by Crippen LogP contribution is -1.86. The van der Waals surface area contributed by atoms with Gasteiger partial charge in [0.25, 0.3) is 0 Å². The van der Waals surface area contributed by atoms with Crippen LogP contribution in [0.15, 0.2) is 48.8 Å². The summed E-state index contributed by atoms with van der Waals surface area (Å²) in [7, 11) is 0. The van der Waals surface area contributed by atoms with Crippen molar-refractivity contribution in [2.24, 2.45) is 0 Å². The summed E-state index contributed by atoms with van der Waals surface area (Å²) in [5.74, 6) is 0. The smallest absolute Gasteiger partial charge is 0.0715 e. The predicted octanol–water partition coefficient (Wildman–Crippen LogP) is 3.37. The summed E-state index contributed by atoms with van der Waals surface area (Å²) in [6, 6.07) is 12.5. The number of benzene rings is 2. The summed E-state index contributed by atoms with van der Waals surface area (Å²) in [6.45, 7) is 0. The van der Waals surface area contributed by atoms with E-state index >= 15 is 0 Å². The highest BCUT2D eigenvalue weighted by atomic mass is 14.7. The van der Waals surface area contributed by atoms with Gasteiger partial charge in [0.15, 0.2) is 0 Å². The van der Waals surface area contributed by atoms with Gasteiger partial charge in [-0.25, -0.2) is 0 Å². The van der Waals surface area contributed by atoms with Crippen molar-refractivity contribution in [2.45, 2.75) is 0 Å². The van der Waals surface area contributed by atoms with Gasteiger partial charge in [-0.2, -0.15) is 0 Å². The van der Waals surface area contributed by atoms with Gasteiger partial charge in [0.2, 0.25) is 0 Å². The van der Waals surface area contributed by atoms with E-state index < -0.39 is 0 Å². The van der Waals surface area contributed by atoms with Crippen LogP contribution in [0.2, 0.25) is 0 Å². The van der Waals surface area contributed by atoms with Crippen LogP contribution in [0.25, 0.3) is 32.6 Å². The fourth-order valence-corrected chi connectivity index (χ4v) is 2.40. The Bertz CT molecular complexity index is 675. The molecule has 0 spiro atoms. The second-order valence-corrected chi connectivity index (χ2v) is 3.99.